The minimum Gasteiger partial charge on any atom is -0.339 e. The Morgan fingerprint density at radius 2 is 1.28 bits per heavy atom. The summed E-state index contributed by atoms with van der Waals surface area (Å²) in [6.45, 7) is 20.2. The van der Waals surface area contributed by atoms with E-state index in [4.69, 9.17) is 0 Å². The van der Waals surface area contributed by atoms with Crippen molar-refractivity contribution in [2.75, 3.05) is 52.9 Å². The van der Waals surface area contributed by atoms with Crippen molar-refractivity contribution in [3.63, 3.8) is 0 Å². The van der Waals surface area contributed by atoms with E-state index < -0.39 is 0 Å². The summed E-state index contributed by atoms with van der Waals surface area (Å²) in [4.78, 5) is 22.1. The average Bonchev–Trinajstić information content (AvgIpc) is 2.53. The van der Waals surface area contributed by atoms with E-state index in [0.29, 0.717) is 18.5 Å². The van der Waals surface area contributed by atoms with Gasteiger partial charge < -0.3 is 4.90 Å². The lowest BCUT2D eigenvalue weighted by Gasteiger charge is -2.44. The fraction of sp³-hybridized carbons (Fsp3) is 0.950. The van der Waals surface area contributed by atoms with Crippen molar-refractivity contribution in [3.8, 4) is 0 Å². The molecule has 2 fully saturated rings. The Morgan fingerprint density at radius 1 is 0.840 bits per heavy atom. The number of nitrogens with zero attached hydrogens (tertiary/aromatic N) is 4. The number of likely N-dealkylation sites (tertiary alicyclic amines) is 1. The number of hydrogen-bond donors (Lipinski definition) is 0. The molecule has 0 spiro atoms. The summed E-state index contributed by atoms with van der Waals surface area (Å²) in [5.41, 5.74) is 0.457. The zero-order chi connectivity index (χ0) is 18.8. The van der Waals surface area contributed by atoms with E-state index in [0.717, 1.165) is 39.3 Å². The normalized spacial score (nSPS) is 22.6. The van der Waals surface area contributed by atoms with Crippen LogP contribution in [-0.2, 0) is 4.79 Å². The smallest absolute Gasteiger partial charge is 0.236 e. The molecule has 0 saturated carbocycles. The van der Waals surface area contributed by atoms with Crippen molar-refractivity contribution in [2.45, 2.75) is 71.5 Å². The number of piperazine rings is 1. The van der Waals surface area contributed by atoms with Crippen LogP contribution < -0.4 is 0 Å². The third kappa shape index (κ3) is 5.66. The number of rotatable bonds is 3. The largest absolute Gasteiger partial charge is 0.339 e. The third-order valence-corrected chi connectivity index (χ3v) is 6.00. The monoisotopic (exact) mass is 352 g/mol. The Labute approximate surface area is 155 Å². The van der Waals surface area contributed by atoms with Gasteiger partial charge in [0.05, 0.1) is 6.54 Å². The molecule has 0 atom stereocenters. The Hall–Kier alpha value is -0.650. The van der Waals surface area contributed by atoms with Crippen LogP contribution in [0, 0.1) is 0 Å². The Kier molecular flexibility index (Phi) is 6.55. The molecule has 0 bridgehead atoms. The van der Waals surface area contributed by atoms with Crippen LogP contribution in [-0.4, -0.2) is 95.5 Å². The second-order valence-corrected chi connectivity index (χ2v) is 9.84. The molecule has 2 saturated heterocycles. The summed E-state index contributed by atoms with van der Waals surface area (Å²) in [6.07, 6.45) is 2.33. The second kappa shape index (κ2) is 7.93. The molecule has 0 aliphatic carbocycles. The summed E-state index contributed by atoms with van der Waals surface area (Å²) in [7, 11) is 2.13. The highest BCUT2D eigenvalue weighted by Crippen LogP contribution is 2.22. The highest BCUT2D eigenvalue weighted by molar-refractivity contribution is 5.78. The zero-order valence-electron chi connectivity index (χ0n) is 17.6. The van der Waals surface area contributed by atoms with E-state index in [2.05, 4.69) is 68.2 Å². The van der Waals surface area contributed by atoms with Crippen LogP contribution in [0.15, 0.2) is 0 Å². The summed E-state index contributed by atoms with van der Waals surface area (Å²) in [5.74, 6) is 0.300. The molecule has 2 rings (SSSR count). The third-order valence-electron chi connectivity index (χ3n) is 6.00. The first-order valence-electron chi connectivity index (χ1n) is 9.96. The van der Waals surface area contributed by atoms with Gasteiger partial charge in [-0.3, -0.25) is 19.5 Å². The van der Waals surface area contributed by atoms with E-state index in [1.54, 1.807) is 0 Å². The number of piperidine rings is 1. The molecule has 0 unspecified atom stereocenters. The minimum atomic E-state index is 0.201. The molecular weight excluding hydrogens is 312 g/mol. The van der Waals surface area contributed by atoms with Gasteiger partial charge in [0.15, 0.2) is 0 Å². The maximum Gasteiger partial charge on any atom is 0.236 e. The number of amides is 1. The Morgan fingerprint density at radius 3 is 1.72 bits per heavy atom. The van der Waals surface area contributed by atoms with Crippen LogP contribution in [0.4, 0.5) is 0 Å². The lowest BCUT2D eigenvalue weighted by Crippen LogP contribution is -2.56. The van der Waals surface area contributed by atoms with Gasteiger partial charge in [-0.1, -0.05) is 0 Å². The van der Waals surface area contributed by atoms with Gasteiger partial charge in [-0.15, -0.1) is 0 Å². The van der Waals surface area contributed by atoms with E-state index in [1.165, 1.54) is 12.8 Å². The quantitative estimate of drug-likeness (QED) is 0.778. The first-order chi connectivity index (χ1) is 11.5. The lowest BCUT2D eigenvalue weighted by molar-refractivity contribution is -0.135. The van der Waals surface area contributed by atoms with Crippen molar-refractivity contribution in [1.29, 1.82) is 0 Å². The molecule has 0 aromatic heterocycles. The molecule has 2 aliphatic rings. The van der Waals surface area contributed by atoms with Gasteiger partial charge in [0.2, 0.25) is 5.91 Å². The summed E-state index contributed by atoms with van der Waals surface area (Å²) in [6, 6.07) is 0.540. The van der Waals surface area contributed by atoms with Crippen molar-refractivity contribution >= 4 is 5.91 Å². The van der Waals surface area contributed by atoms with E-state index in [9.17, 15) is 4.79 Å². The summed E-state index contributed by atoms with van der Waals surface area (Å²) >= 11 is 0. The molecule has 5 heteroatoms. The van der Waals surface area contributed by atoms with Crippen LogP contribution >= 0.6 is 0 Å². The SMILES string of the molecule is CN(CC(=O)N1CCN(C(C)(C)C)CC1)C1CCN(C(C)(C)C)CC1. The number of carbonyl (C=O) groups excluding carboxylic acids is 1. The molecule has 2 heterocycles. The lowest BCUT2D eigenvalue weighted by atomic mass is 9.97. The number of carbonyl (C=O) groups is 1. The average molecular weight is 353 g/mol. The molecule has 0 N–H and O–H groups in total. The Balaban J connectivity index is 1.76. The van der Waals surface area contributed by atoms with Gasteiger partial charge in [-0.2, -0.15) is 0 Å². The maximum atomic E-state index is 12.7. The van der Waals surface area contributed by atoms with Crippen LogP contribution in [0.2, 0.25) is 0 Å². The molecule has 0 aromatic carbocycles. The van der Waals surface area contributed by atoms with E-state index >= 15 is 0 Å². The minimum absolute atomic E-state index is 0.201. The highest BCUT2D eigenvalue weighted by Gasteiger charge is 2.31. The van der Waals surface area contributed by atoms with Crippen molar-refractivity contribution in [1.82, 2.24) is 19.6 Å². The number of likely N-dealkylation sites (N-methyl/N-ethyl adjacent to an activating group) is 1. The first-order valence-corrected chi connectivity index (χ1v) is 9.96. The molecule has 1 amide bonds. The highest BCUT2D eigenvalue weighted by atomic mass is 16.2. The molecule has 5 nitrogen and oxygen atoms in total. The zero-order valence-corrected chi connectivity index (χ0v) is 17.6. The topological polar surface area (TPSA) is 30.0 Å². The molecule has 25 heavy (non-hydrogen) atoms. The van der Waals surface area contributed by atoms with E-state index in [1.807, 2.05) is 0 Å². The second-order valence-electron chi connectivity index (χ2n) is 9.84. The predicted octanol–water partition coefficient (Wildman–Crippen LogP) is 2.12. The van der Waals surface area contributed by atoms with E-state index in [-0.39, 0.29) is 11.1 Å². The molecule has 0 aromatic rings. The van der Waals surface area contributed by atoms with Gasteiger partial charge >= 0.3 is 0 Å². The van der Waals surface area contributed by atoms with Crippen molar-refractivity contribution < 1.29 is 4.79 Å². The number of hydrogen-bond acceptors (Lipinski definition) is 4. The summed E-state index contributed by atoms with van der Waals surface area (Å²) < 4.78 is 0. The van der Waals surface area contributed by atoms with Gasteiger partial charge in [-0.05, 0) is 61.4 Å². The van der Waals surface area contributed by atoms with Crippen LogP contribution in [0.5, 0.6) is 0 Å². The molecular formula is C20H40N4O. The van der Waals surface area contributed by atoms with Gasteiger partial charge in [0, 0.05) is 56.4 Å². The van der Waals surface area contributed by atoms with Crippen molar-refractivity contribution in [2.24, 2.45) is 0 Å². The molecule has 0 radical (unpaired) electrons. The van der Waals surface area contributed by atoms with Gasteiger partial charge in [0.1, 0.15) is 0 Å². The standard InChI is InChI=1S/C20H40N4O/c1-19(2,3)23-10-8-17(9-11-23)21(7)16-18(25)22-12-14-24(15-13-22)20(4,5)6/h17H,8-16H2,1-7H3. The molecule has 2 aliphatic heterocycles. The van der Waals surface area contributed by atoms with Gasteiger partial charge in [0.25, 0.3) is 0 Å². The summed E-state index contributed by atoms with van der Waals surface area (Å²) in [5, 5.41) is 0. The van der Waals surface area contributed by atoms with Crippen LogP contribution in [0.25, 0.3) is 0 Å². The fourth-order valence-electron chi connectivity index (χ4n) is 4.05. The van der Waals surface area contributed by atoms with Gasteiger partial charge in [-0.25, -0.2) is 0 Å². The van der Waals surface area contributed by atoms with Crippen molar-refractivity contribution in [3.05, 3.63) is 0 Å². The van der Waals surface area contributed by atoms with Crippen LogP contribution in [0.3, 0.4) is 0 Å². The van der Waals surface area contributed by atoms with Crippen LogP contribution in [0.1, 0.15) is 54.4 Å². The predicted molar refractivity (Wildman–Crippen MR) is 105 cm³/mol. The first kappa shape index (κ1) is 20.7. The molecule has 146 valence electrons. The fourth-order valence-corrected chi connectivity index (χ4v) is 4.05. The maximum absolute atomic E-state index is 12.7. The Bertz CT molecular complexity index is 436.